The maximum Gasteiger partial charge on any atom is -0.0351 e. The molecule has 13 heavy (non-hydrogen) atoms. The summed E-state index contributed by atoms with van der Waals surface area (Å²) in [7, 11) is 1.23. The third-order valence-corrected chi connectivity index (χ3v) is 4.20. The molecule has 0 aliphatic rings. The van der Waals surface area contributed by atoms with Gasteiger partial charge in [0.2, 0.25) is 0 Å². The molecule has 0 bridgehead atoms. The largest absolute Gasteiger partial charge is 0.122 e. The number of hydrogen-bond donors (Lipinski definition) is 0. The Kier molecular flexibility index (Phi) is 10.9. The highest BCUT2D eigenvalue weighted by molar-refractivity contribution is 7.37. The van der Waals surface area contributed by atoms with E-state index in [9.17, 15) is 0 Å². The molecule has 0 amide bonds. The first-order chi connectivity index (χ1) is 6.35. The molecular weight excluding hydrogens is 175 g/mol. The lowest BCUT2D eigenvalue weighted by Gasteiger charge is -2.13. The molecule has 0 aromatic rings. The first-order valence-corrected chi connectivity index (χ1v) is 7.47. The van der Waals surface area contributed by atoms with E-state index in [2.05, 4.69) is 20.8 Å². The van der Waals surface area contributed by atoms with Gasteiger partial charge >= 0.3 is 0 Å². The van der Waals surface area contributed by atoms with E-state index in [1.54, 1.807) is 0 Å². The predicted octanol–water partition coefficient (Wildman–Crippen LogP) is 4.68. The van der Waals surface area contributed by atoms with Crippen LogP contribution in [-0.2, 0) is 0 Å². The van der Waals surface area contributed by atoms with E-state index in [1.165, 1.54) is 59.4 Å². The van der Waals surface area contributed by atoms with Crippen LogP contribution in [0.5, 0.6) is 0 Å². The first kappa shape index (κ1) is 13.4. The summed E-state index contributed by atoms with van der Waals surface area (Å²) in [6.45, 7) is 6.94. The summed E-state index contributed by atoms with van der Waals surface area (Å²) < 4.78 is 0. The Labute approximate surface area is 86.7 Å². The molecule has 0 spiro atoms. The zero-order valence-corrected chi connectivity index (χ0v) is 10.7. The number of hydrogen-bond acceptors (Lipinski definition) is 0. The van der Waals surface area contributed by atoms with E-state index in [-0.39, 0.29) is 0 Å². The van der Waals surface area contributed by atoms with Crippen molar-refractivity contribution in [1.29, 1.82) is 0 Å². The van der Waals surface area contributed by atoms with Crippen LogP contribution in [-0.4, -0.2) is 12.3 Å². The first-order valence-electron chi connectivity index (χ1n) is 6.05. The van der Waals surface area contributed by atoms with Gasteiger partial charge in [0, 0.05) is 0 Å². The number of unbranched alkanes of at least 4 members (excludes halogenated alkanes) is 1. The van der Waals surface area contributed by atoms with E-state index >= 15 is 0 Å². The fraction of sp³-hybridized carbons (Fsp3) is 1.00. The molecule has 0 radical (unpaired) electrons. The summed E-state index contributed by atoms with van der Waals surface area (Å²) >= 11 is 0. The van der Waals surface area contributed by atoms with E-state index in [1.807, 2.05) is 0 Å². The van der Waals surface area contributed by atoms with E-state index in [0.717, 1.165) is 5.92 Å². The molecule has 0 heterocycles. The molecule has 80 valence electrons. The van der Waals surface area contributed by atoms with Gasteiger partial charge in [-0.3, -0.25) is 0 Å². The zero-order chi connectivity index (χ0) is 9.94. The third-order valence-electron chi connectivity index (χ3n) is 2.70. The average Bonchev–Trinajstić information content (AvgIpc) is 2.17. The molecule has 0 saturated heterocycles. The van der Waals surface area contributed by atoms with Gasteiger partial charge in [-0.2, -0.15) is 0 Å². The molecule has 0 aromatic carbocycles. The highest BCUT2D eigenvalue weighted by atomic mass is 31.1. The van der Waals surface area contributed by atoms with Crippen LogP contribution >= 0.6 is 8.58 Å². The highest BCUT2D eigenvalue weighted by Gasteiger charge is 2.04. The Hall–Kier alpha value is 0.430. The lowest BCUT2D eigenvalue weighted by atomic mass is 9.97. The van der Waals surface area contributed by atoms with Gasteiger partial charge in [0.05, 0.1) is 0 Å². The SMILES string of the molecule is CCCCC(CC)CCPCCC. The maximum absolute atomic E-state index is 2.35. The molecule has 0 nitrogen and oxygen atoms in total. The Morgan fingerprint density at radius 2 is 1.69 bits per heavy atom. The van der Waals surface area contributed by atoms with Gasteiger partial charge in [-0.25, -0.2) is 0 Å². The topological polar surface area (TPSA) is 0 Å². The highest BCUT2D eigenvalue weighted by Crippen LogP contribution is 2.22. The Morgan fingerprint density at radius 1 is 0.923 bits per heavy atom. The van der Waals surface area contributed by atoms with Crippen LogP contribution in [0.1, 0.15) is 59.3 Å². The summed E-state index contributed by atoms with van der Waals surface area (Å²) in [6.07, 6.45) is 11.5. The summed E-state index contributed by atoms with van der Waals surface area (Å²) in [5.74, 6) is 1.03. The normalized spacial score (nSPS) is 14.1. The molecule has 0 rings (SSSR count). The van der Waals surface area contributed by atoms with Crippen molar-refractivity contribution < 1.29 is 0 Å². The van der Waals surface area contributed by atoms with Crippen molar-refractivity contribution in [1.82, 2.24) is 0 Å². The van der Waals surface area contributed by atoms with Gasteiger partial charge in [0.1, 0.15) is 0 Å². The fourth-order valence-corrected chi connectivity index (χ4v) is 2.87. The van der Waals surface area contributed by atoms with Crippen LogP contribution < -0.4 is 0 Å². The van der Waals surface area contributed by atoms with Crippen molar-refractivity contribution in [2.45, 2.75) is 59.3 Å². The maximum atomic E-state index is 2.35. The molecule has 0 N–H and O–H groups in total. The van der Waals surface area contributed by atoms with Gasteiger partial charge in [0.25, 0.3) is 0 Å². The van der Waals surface area contributed by atoms with Gasteiger partial charge in [0.15, 0.2) is 0 Å². The number of rotatable bonds is 9. The summed E-state index contributed by atoms with van der Waals surface area (Å²) in [5.41, 5.74) is 0. The van der Waals surface area contributed by atoms with Crippen molar-refractivity contribution in [3.8, 4) is 0 Å². The smallest absolute Gasteiger partial charge is 0.0351 e. The van der Waals surface area contributed by atoms with E-state index in [0.29, 0.717) is 0 Å². The minimum atomic E-state index is 1.03. The third kappa shape index (κ3) is 8.75. The molecule has 0 saturated carbocycles. The molecule has 2 atom stereocenters. The Bertz CT molecular complexity index is 91.1. The van der Waals surface area contributed by atoms with Crippen LogP contribution in [0, 0.1) is 5.92 Å². The summed E-state index contributed by atoms with van der Waals surface area (Å²) in [4.78, 5) is 0. The zero-order valence-electron chi connectivity index (χ0n) is 9.73. The molecule has 0 aliphatic heterocycles. The molecule has 0 aromatic heterocycles. The molecule has 0 fully saturated rings. The second-order valence-corrected chi connectivity index (χ2v) is 5.46. The predicted molar refractivity (Wildman–Crippen MR) is 66.3 cm³/mol. The Morgan fingerprint density at radius 3 is 2.23 bits per heavy atom. The van der Waals surface area contributed by atoms with Gasteiger partial charge in [-0.1, -0.05) is 52.9 Å². The van der Waals surface area contributed by atoms with Crippen molar-refractivity contribution in [2.75, 3.05) is 12.3 Å². The van der Waals surface area contributed by atoms with Gasteiger partial charge in [-0.15, -0.1) is 8.58 Å². The van der Waals surface area contributed by atoms with Crippen LogP contribution in [0.4, 0.5) is 0 Å². The van der Waals surface area contributed by atoms with Crippen molar-refractivity contribution >= 4 is 8.58 Å². The van der Waals surface area contributed by atoms with E-state index in [4.69, 9.17) is 0 Å². The van der Waals surface area contributed by atoms with Crippen molar-refractivity contribution in [2.24, 2.45) is 5.92 Å². The second kappa shape index (κ2) is 10.5. The van der Waals surface area contributed by atoms with Gasteiger partial charge < -0.3 is 0 Å². The lowest BCUT2D eigenvalue weighted by Crippen LogP contribution is -2.00. The fourth-order valence-electron chi connectivity index (χ4n) is 1.65. The standard InChI is InChI=1S/C12H27P/c1-4-7-8-12(6-3)9-11-13-10-5-2/h12-13H,4-11H2,1-3H3. The summed E-state index contributed by atoms with van der Waals surface area (Å²) in [5, 5.41) is 0. The molecule has 2 unspecified atom stereocenters. The molecule has 1 heteroatoms. The monoisotopic (exact) mass is 202 g/mol. The van der Waals surface area contributed by atoms with Crippen molar-refractivity contribution in [3.63, 3.8) is 0 Å². The molecular formula is C12H27P. The quantitative estimate of drug-likeness (QED) is 0.376. The minimum Gasteiger partial charge on any atom is -0.122 e. The molecule has 0 aliphatic carbocycles. The summed E-state index contributed by atoms with van der Waals surface area (Å²) in [6, 6.07) is 0. The average molecular weight is 202 g/mol. The second-order valence-electron chi connectivity index (χ2n) is 3.96. The van der Waals surface area contributed by atoms with Crippen molar-refractivity contribution in [3.05, 3.63) is 0 Å². The van der Waals surface area contributed by atoms with Crippen LogP contribution in [0.25, 0.3) is 0 Å². The van der Waals surface area contributed by atoms with Crippen LogP contribution in [0.15, 0.2) is 0 Å². The minimum absolute atomic E-state index is 1.03. The van der Waals surface area contributed by atoms with Crippen LogP contribution in [0.2, 0.25) is 0 Å². The van der Waals surface area contributed by atoms with Crippen LogP contribution in [0.3, 0.4) is 0 Å². The van der Waals surface area contributed by atoms with Gasteiger partial charge in [-0.05, 0) is 24.7 Å². The van der Waals surface area contributed by atoms with E-state index < -0.39 is 0 Å². The lowest BCUT2D eigenvalue weighted by molar-refractivity contribution is 0.441. The Balaban J connectivity index is 3.25.